The second-order valence-electron chi connectivity index (χ2n) is 7.17. The van der Waals surface area contributed by atoms with Crippen LogP contribution < -0.4 is 0 Å². The van der Waals surface area contributed by atoms with Crippen molar-refractivity contribution >= 4 is 11.1 Å². The average molecular weight is 393 g/mol. The zero-order valence-electron chi connectivity index (χ0n) is 15.3. The van der Waals surface area contributed by atoms with E-state index in [4.69, 9.17) is 4.52 Å². The fourth-order valence-corrected chi connectivity index (χ4v) is 3.88. The largest absolute Gasteiger partial charge is 0.336 e. The van der Waals surface area contributed by atoms with Gasteiger partial charge >= 0.3 is 0 Å². The van der Waals surface area contributed by atoms with Crippen LogP contribution in [0.4, 0.5) is 17.6 Å². The molecule has 1 fully saturated rings. The third kappa shape index (κ3) is 3.48. The quantitative estimate of drug-likeness (QED) is 0.577. The van der Waals surface area contributed by atoms with Crippen molar-refractivity contribution in [3.63, 3.8) is 0 Å². The molecule has 3 heterocycles. The van der Waals surface area contributed by atoms with E-state index in [1.165, 1.54) is 12.1 Å². The standard InChI is InChI=1S/C20H19F4N3O/c1-11-17-14(19(23)24)8-16(25-20(17)28-26-11)12-5-3-7-27(9-12)10-13-4-2-6-15(21)18(13)22/h2,4,6,8,12,19H,3,5,7,9-10H2,1H3/t12-/m1/s1. The van der Waals surface area contributed by atoms with Crippen molar-refractivity contribution < 1.29 is 22.1 Å². The van der Waals surface area contributed by atoms with Crippen LogP contribution in [0.15, 0.2) is 28.8 Å². The van der Waals surface area contributed by atoms with Gasteiger partial charge in [-0.2, -0.15) is 0 Å². The molecule has 28 heavy (non-hydrogen) atoms. The molecule has 4 nitrogen and oxygen atoms in total. The van der Waals surface area contributed by atoms with E-state index in [0.29, 0.717) is 17.9 Å². The number of alkyl halides is 2. The number of piperidine rings is 1. The summed E-state index contributed by atoms with van der Waals surface area (Å²) in [6.45, 7) is 3.10. The molecular weight excluding hydrogens is 374 g/mol. The number of likely N-dealkylation sites (tertiary alicyclic amines) is 1. The van der Waals surface area contributed by atoms with Crippen LogP contribution in [0.25, 0.3) is 11.1 Å². The molecule has 148 valence electrons. The highest BCUT2D eigenvalue weighted by Gasteiger charge is 2.27. The van der Waals surface area contributed by atoms with E-state index < -0.39 is 18.1 Å². The van der Waals surface area contributed by atoms with Crippen molar-refractivity contribution in [2.45, 2.75) is 38.7 Å². The maximum Gasteiger partial charge on any atom is 0.264 e. The Balaban J connectivity index is 1.60. The molecule has 2 aromatic heterocycles. The lowest BCUT2D eigenvalue weighted by molar-refractivity contribution is 0.152. The number of nitrogens with zero attached hydrogens (tertiary/aromatic N) is 3. The summed E-state index contributed by atoms with van der Waals surface area (Å²) in [6.07, 6.45) is -1.08. The van der Waals surface area contributed by atoms with Gasteiger partial charge in [0.25, 0.3) is 12.1 Å². The number of halogens is 4. The van der Waals surface area contributed by atoms with Crippen LogP contribution >= 0.6 is 0 Å². The molecule has 1 aliphatic heterocycles. The molecule has 1 aliphatic rings. The Morgan fingerprint density at radius 1 is 1.29 bits per heavy atom. The van der Waals surface area contributed by atoms with Gasteiger partial charge in [0, 0.05) is 35.8 Å². The second kappa shape index (κ2) is 7.50. The van der Waals surface area contributed by atoms with E-state index in [9.17, 15) is 17.6 Å². The van der Waals surface area contributed by atoms with Crippen LogP contribution in [0.3, 0.4) is 0 Å². The number of aryl methyl sites for hydroxylation is 1. The number of aromatic nitrogens is 2. The van der Waals surface area contributed by atoms with Gasteiger partial charge in [-0.05, 0) is 38.4 Å². The minimum atomic E-state index is -2.66. The highest BCUT2D eigenvalue weighted by molar-refractivity contribution is 5.80. The summed E-state index contributed by atoms with van der Waals surface area (Å²) in [6, 6.07) is 5.54. The first-order valence-corrected chi connectivity index (χ1v) is 9.14. The van der Waals surface area contributed by atoms with Gasteiger partial charge in [-0.25, -0.2) is 22.5 Å². The van der Waals surface area contributed by atoms with Crippen molar-refractivity contribution in [1.29, 1.82) is 0 Å². The molecule has 0 radical (unpaired) electrons. The fraction of sp³-hybridized carbons (Fsp3) is 0.400. The molecule has 0 aliphatic carbocycles. The minimum absolute atomic E-state index is 0.0994. The fourth-order valence-electron chi connectivity index (χ4n) is 3.88. The van der Waals surface area contributed by atoms with Crippen LogP contribution in [-0.4, -0.2) is 28.1 Å². The van der Waals surface area contributed by atoms with E-state index in [1.54, 1.807) is 13.0 Å². The van der Waals surface area contributed by atoms with Crippen LogP contribution in [0.5, 0.6) is 0 Å². The van der Waals surface area contributed by atoms with E-state index >= 15 is 0 Å². The van der Waals surface area contributed by atoms with Gasteiger partial charge in [0.2, 0.25) is 0 Å². The van der Waals surface area contributed by atoms with E-state index in [1.807, 2.05) is 4.90 Å². The summed E-state index contributed by atoms with van der Waals surface area (Å²) in [5.41, 5.74) is 1.16. The molecule has 3 aromatic rings. The Morgan fingerprint density at radius 2 is 2.11 bits per heavy atom. The lowest BCUT2D eigenvalue weighted by atomic mass is 9.92. The van der Waals surface area contributed by atoms with Gasteiger partial charge in [-0.3, -0.25) is 4.90 Å². The topological polar surface area (TPSA) is 42.2 Å². The lowest BCUT2D eigenvalue weighted by Crippen LogP contribution is -2.34. The summed E-state index contributed by atoms with van der Waals surface area (Å²) in [5.74, 6) is -1.82. The number of benzene rings is 1. The Hall–Kier alpha value is -2.48. The number of fused-ring (bicyclic) bond motifs is 1. The summed E-state index contributed by atoms with van der Waals surface area (Å²) in [4.78, 5) is 6.40. The highest BCUT2D eigenvalue weighted by Crippen LogP contribution is 2.34. The maximum absolute atomic E-state index is 14.0. The van der Waals surface area contributed by atoms with Gasteiger partial charge in [0.15, 0.2) is 11.6 Å². The van der Waals surface area contributed by atoms with Gasteiger partial charge in [-0.15, -0.1) is 0 Å². The normalized spacial score (nSPS) is 18.3. The zero-order chi connectivity index (χ0) is 19.8. The highest BCUT2D eigenvalue weighted by atomic mass is 19.3. The molecule has 4 rings (SSSR count). The number of pyridine rings is 1. The van der Waals surface area contributed by atoms with Crippen LogP contribution in [0, 0.1) is 18.6 Å². The Kier molecular flexibility index (Phi) is 5.05. The lowest BCUT2D eigenvalue weighted by Gasteiger charge is -2.32. The first kappa shape index (κ1) is 18.9. The average Bonchev–Trinajstić information content (AvgIpc) is 3.06. The minimum Gasteiger partial charge on any atom is -0.336 e. The second-order valence-corrected chi connectivity index (χ2v) is 7.17. The zero-order valence-corrected chi connectivity index (χ0v) is 15.3. The van der Waals surface area contributed by atoms with Crippen LogP contribution in [-0.2, 0) is 6.54 Å². The summed E-state index contributed by atoms with van der Waals surface area (Å²) in [5, 5.41) is 4.01. The van der Waals surface area contributed by atoms with Crippen molar-refractivity contribution in [3.05, 3.63) is 58.4 Å². The first-order valence-electron chi connectivity index (χ1n) is 9.14. The molecule has 1 atom stereocenters. The molecule has 0 N–H and O–H groups in total. The van der Waals surface area contributed by atoms with Gasteiger partial charge in [-0.1, -0.05) is 17.3 Å². The Labute approximate surface area is 159 Å². The number of hydrogen-bond donors (Lipinski definition) is 0. The molecule has 1 aromatic carbocycles. The van der Waals surface area contributed by atoms with Crippen molar-refractivity contribution in [2.75, 3.05) is 13.1 Å². The summed E-state index contributed by atoms with van der Waals surface area (Å²) in [7, 11) is 0. The predicted molar refractivity (Wildman–Crippen MR) is 95.1 cm³/mol. The number of rotatable bonds is 4. The van der Waals surface area contributed by atoms with E-state index in [2.05, 4.69) is 10.1 Å². The maximum atomic E-state index is 14.0. The molecule has 0 saturated carbocycles. The molecule has 8 heteroatoms. The third-order valence-corrected chi connectivity index (χ3v) is 5.25. The van der Waals surface area contributed by atoms with Gasteiger partial charge in [0.1, 0.15) is 0 Å². The van der Waals surface area contributed by atoms with Gasteiger partial charge in [0.05, 0.1) is 11.1 Å². The molecule has 0 bridgehead atoms. The summed E-state index contributed by atoms with van der Waals surface area (Å²) < 4.78 is 59.7. The molecular formula is C20H19F4N3O. The van der Waals surface area contributed by atoms with E-state index in [-0.39, 0.29) is 34.7 Å². The predicted octanol–water partition coefficient (Wildman–Crippen LogP) is 5.13. The Bertz CT molecular complexity index is 1000. The van der Waals surface area contributed by atoms with Crippen molar-refractivity contribution in [1.82, 2.24) is 15.0 Å². The molecule has 1 saturated heterocycles. The SMILES string of the molecule is Cc1noc2nc([C@@H]3CCCN(Cc4cccc(F)c4F)C3)cc(C(F)F)c12. The summed E-state index contributed by atoms with van der Waals surface area (Å²) >= 11 is 0. The van der Waals surface area contributed by atoms with Crippen LogP contribution in [0.1, 0.15) is 47.7 Å². The van der Waals surface area contributed by atoms with Crippen molar-refractivity contribution in [2.24, 2.45) is 0 Å². The monoisotopic (exact) mass is 393 g/mol. The molecule has 0 unspecified atom stereocenters. The van der Waals surface area contributed by atoms with Crippen molar-refractivity contribution in [3.8, 4) is 0 Å². The van der Waals surface area contributed by atoms with Crippen LogP contribution in [0.2, 0.25) is 0 Å². The number of hydrogen-bond acceptors (Lipinski definition) is 4. The van der Waals surface area contributed by atoms with E-state index in [0.717, 1.165) is 25.5 Å². The molecule has 0 amide bonds. The van der Waals surface area contributed by atoms with Gasteiger partial charge < -0.3 is 4.52 Å². The Morgan fingerprint density at radius 3 is 2.89 bits per heavy atom. The molecule has 0 spiro atoms. The smallest absolute Gasteiger partial charge is 0.264 e. The third-order valence-electron chi connectivity index (χ3n) is 5.25. The first-order chi connectivity index (χ1) is 13.4.